The van der Waals surface area contributed by atoms with E-state index in [0.29, 0.717) is 11.4 Å². The third-order valence-electron chi connectivity index (χ3n) is 4.32. The molecule has 0 aromatic heterocycles. The molecule has 3 amide bonds. The maximum Gasteiger partial charge on any atom is 0.312 e. The minimum atomic E-state index is -3.64. The Hall–Kier alpha value is -1.84. The lowest BCUT2D eigenvalue weighted by molar-refractivity contribution is -0.134. The monoisotopic (exact) mass is 416 g/mol. The van der Waals surface area contributed by atoms with Crippen molar-refractivity contribution in [2.24, 2.45) is 11.7 Å². The zero-order valence-corrected chi connectivity index (χ0v) is 17.0. The fourth-order valence-electron chi connectivity index (χ4n) is 2.99. The molecular formula is C17H25ClN4O4S. The van der Waals surface area contributed by atoms with Crippen molar-refractivity contribution in [3.8, 4) is 0 Å². The Balaban J connectivity index is 2.03. The highest BCUT2D eigenvalue weighted by atomic mass is 35.5. The predicted octanol–water partition coefficient (Wildman–Crippen LogP) is 1.26. The third kappa shape index (κ3) is 5.57. The Kier molecular flexibility index (Phi) is 7.07. The quantitative estimate of drug-likeness (QED) is 0.726. The van der Waals surface area contributed by atoms with Gasteiger partial charge in [0.05, 0.1) is 4.90 Å². The number of urea groups is 1. The van der Waals surface area contributed by atoms with Gasteiger partial charge in [0.1, 0.15) is 6.04 Å². The molecule has 1 heterocycles. The number of piperazine rings is 1. The van der Waals surface area contributed by atoms with Gasteiger partial charge in [0, 0.05) is 31.2 Å². The fraction of sp³-hybridized carbons (Fsp3) is 0.529. The molecule has 1 saturated heterocycles. The summed E-state index contributed by atoms with van der Waals surface area (Å²) in [5, 5.41) is 2.94. The Labute approximate surface area is 164 Å². The van der Waals surface area contributed by atoms with E-state index in [1.807, 2.05) is 13.8 Å². The van der Waals surface area contributed by atoms with Gasteiger partial charge >= 0.3 is 6.03 Å². The van der Waals surface area contributed by atoms with Crippen molar-refractivity contribution >= 4 is 33.6 Å². The number of primary amides is 1. The highest BCUT2D eigenvalue weighted by molar-refractivity contribution is 7.89. The topological polar surface area (TPSA) is 113 Å². The lowest BCUT2D eigenvalue weighted by atomic mass is 10.0. The third-order valence-corrected chi connectivity index (χ3v) is 6.49. The summed E-state index contributed by atoms with van der Waals surface area (Å²) in [7, 11) is -3.64. The molecule has 1 aromatic rings. The summed E-state index contributed by atoms with van der Waals surface area (Å²) in [4.78, 5) is 25.6. The van der Waals surface area contributed by atoms with E-state index in [4.69, 9.17) is 17.3 Å². The molecule has 1 fully saturated rings. The predicted molar refractivity (Wildman–Crippen MR) is 103 cm³/mol. The van der Waals surface area contributed by atoms with E-state index in [2.05, 4.69) is 5.32 Å². The van der Waals surface area contributed by atoms with E-state index in [-0.39, 0.29) is 42.9 Å². The van der Waals surface area contributed by atoms with Gasteiger partial charge in [-0.05, 0) is 36.6 Å². The number of hydrogen-bond donors (Lipinski definition) is 2. The first-order chi connectivity index (χ1) is 12.6. The van der Waals surface area contributed by atoms with Gasteiger partial charge in [0.2, 0.25) is 15.9 Å². The summed E-state index contributed by atoms with van der Waals surface area (Å²) in [6.07, 6.45) is 0.463. The molecule has 0 spiro atoms. The number of halogens is 1. The number of amides is 3. The number of hydrogen-bond acceptors (Lipinski definition) is 4. The number of nitrogens with zero attached hydrogens (tertiary/aromatic N) is 2. The molecule has 1 atom stereocenters. The molecule has 0 saturated carbocycles. The van der Waals surface area contributed by atoms with Crippen LogP contribution >= 0.6 is 11.6 Å². The fourth-order valence-corrected chi connectivity index (χ4v) is 4.54. The molecule has 10 heteroatoms. The van der Waals surface area contributed by atoms with Crippen LogP contribution in [-0.4, -0.2) is 61.8 Å². The highest BCUT2D eigenvalue weighted by Gasteiger charge is 2.33. The van der Waals surface area contributed by atoms with Crippen molar-refractivity contribution in [2.45, 2.75) is 31.2 Å². The van der Waals surface area contributed by atoms with Crippen LogP contribution in [-0.2, 0) is 14.8 Å². The van der Waals surface area contributed by atoms with Gasteiger partial charge in [-0.3, -0.25) is 4.79 Å². The van der Waals surface area contributed by atoms with Crippen molar-refractivity contribution in [1.29, 1.82) is 0 Å². The van der Waals surface area contributed by atoms with Gasteiger partial charge in [-0.2, -0.15) is 4.31 Å². The Morgan fingerprint density at radius 3 is 2.19 bits per heavy atom. The zero-order chi connectivity index (χ0) is 20.2. The second-order valence-corrected chi connectivity index (χ2v) is 9.25. The molecule has 27 heavy (non-hydrogen) atoms. The standard InChI is InChI=1S/C17H25ClN4O4S/c1-12(2)11-15(20-17(19)24)16(23)21-7-9-22(10-8-21)27(25,26)14-5-3-13(18)4-6-14/h3-6,12,15H,7-11H2,1-2H3,(H3,19,20,24)/t15-/m0/s1. The highest BCUT2D eigenvalue weighted by Crippen LogP contribution is 2.20. The normalized spacial score (nSPS) is 17.0. The molecule has 2 rings (SSSR count). The second-order valence-electron chi connectivity index (χ2n) is 6.87. The molecule has 0 radical (unpaired) electrons. The Morgan fingerprint density at radius 1 is 1.15 bits per heavy atom. The first kappa shape index (κ1) is 21.5. The average Bonchev–Trinajstić information content (AvgIpc) is 2.60. The van der Waals surface area contributed by atoms with Crippen LogP contribution in [0.5, 0.6) is 0 Å². The largest absolute Gasteiger partial charge is 0.352 e. The smallest absolute Gasteiger partial charge is 0.312 e. The van der Waals surface area contributed by atoms with Crippen LogP contribution in [0.4, 0.5) is 4.79 Å². The van der Waals surface area contributed by atoms with Gasteiger partial charge in [0.15, 0.2) is 0 Å². The summed E-state index contributed by atoms with van der Waals surface area (Å²) < 4.78 is 26.8. The van der Waals surface area contributed by atoms with Crippen molar-refractivity contribution in [3.05, 3.63) is 29.3 Å². The molecule has 1 aliphatic heterocycles. The molecular weight excluding hydrogens is 392 g/mol. The van der Waals surface area contributed by atoms with Crippen LogP contribution in [0, 0.1) is 5.92 Å². The van der Waals surface area contributed by atoms with Crippen molar-refractivity contribution in [1.82, 2.24) is 14.5 Å². The number of sulfonamides is 1. The number of benzene rings is 1. The number of rotatable bonds is 6. The van der Waals surface area contributed by atoms with E-state index in [9.17, 15) is 18.0 Å². The second kappa shape index (κ2) is 8.90. The van der Waals surface area contributed by atoms with E-state index in [1.54, 1.807) is 4.90 Å². The summed E-state index contributed by atoms with van der Waals surface area (Å²) in [6.45, 7) is 4.75. The minimum Gasteiger partial charge on any atom is -0.352 e. The van der Waals surface area contributed by atoms with Gasteiger partial charge in [-0.1, -0.05) is 25.4 Å². The number of carbonyl (C=O) groups excluding carboxylic acids is 2. The Morgan fingerprint density at radius 2 is 1.70 bits per heavy atom. The van der Waals surface area contributed by atoms with E-state index < -0.39 is 22.1 Å². The summed E-state index contributed by atoms with van der Waals surface area (Å²) in [5.41, 5.74) is 5.17. The molecule has 0 bridgehead atoms. The molecule has 3 N–H and O–H groups in total. The lowest BCUT2D eigenvalue weighted by Gasteiger charge is -2.36. The van der Waals surface area contributed by atoms with Crippen molar-refractivity contribution < 1.29 is 18.0 Å². The summed E-state index contributed by atoms with van der Waals surface area (Å²) in [5.74, 6) is -0.0524. The van der Waals surface area contributed by atoms with Crippen LogP contribution in [0.2, 0.25) is 5.02 Å². The van der Waals surface area contributed by atoms with Gasteiger partial charge in [0.25, 0.3) is 0 Å². The van der Waals surface area contributed by atoms with Crippen LogP contribution in [0.3, 0.4) is 0 Å². The number of nitrogens with two attached hydrogens (primary N) is 1. The molecule has 8 nitrogen and oxygen atoms in total. The molecule has 0 unspecified atom stereocenters. The van der Waals surface area contributed by atoms with E-state index in [0.717, 1.165) is 0 Å². The summed E-state index contributed by atoms with van der Waals surface area (Å²) in [6, 6.07) is 4.52. The zero-order valence-electron chi connectivity index (χ0n) is 15.4. The maximum atomic E-state index is 12.7. The first-order valence-corrected chi connectivity index (χ1v) is 10.5. The molecule has 150 valence electrons. The van der Waals surface area contributed by atoms with Crippen LogP contribution in [0.15, 0.2) is 29.2 Å². The maximum absolute atomic E-state index is 12.7. The average molecular weight is 417 g/mol. The summed E-state index contributed by atoms with van der Waals surface area (Å²) >= 11 is 5.81. The van der Waals surface area contributed by atoms with Gasteiger partial charge in [-0.15, -0.1) is 0 Å². The number of nitrogens with one attached hydrogen (secondary N) is 1. The molecule has 0 aliphatic carbocycles. The minimum absolute atomic E-state index is 0.166. The van der Waals surface area contributed by atoms with E-state index >= 15 is 0 Å². The SMILES string of the molecule is CC(C)C[C@H](NC(N)=O)C(=O)N1CCN(S(=O)(=O)c2ccc(Cl)cc2)CC1. The van der Waals surface area contributed by atoms with E-state index in [1.165, 1.54) is 28.6 Å². The van der Waals surface area contributed by atoms with Crippen LogP contribution in [0.1, 0.15) is 20.3 Å². The lowest BCUT2D eigenvalue weighted by Crippen LogP contribution is -2.56. The Bertz CT molecular complexity index is 775. The van der Waals surface area contributed by atoms with Crippen molar-refractivity contribution in [2.75, 3.05) is 26.2 Å². The molecule has 1 aromatic carbocycles. The van der Waals surface area contributed by atoms with Gasteiger partial charge < -0.3 is 16.0 Å². The van der Waals surface area contributed by atoms with Crippen LogP contribution < -0.4 is 11.1 Å². The number of carbonyl (C=O) groups is 2. The van der Waals surface area contributed by atoms with Gasteiger partial charge in [-0.25, -0.2) is 13.2 Å². The van der Waals surface area contributed by atoms with Crippen molar-refractivity contribution in [3.63, 3.8) is 0 Å². The first-order valence-electron chi connectivity index (χ1n) is 8.71. The van der Waals surface area contributed by atoms with Crippen LogP contribution in [0.25, 0.3) is 0 Å². The molecule has 1 aliphatic rings.